The lowest BCUT2D eigenvalue weighted by atomic mass is 10.2. The fraction of sp³-hybridized carbons (Fsp3) is 0.733. The average molecular weight is 323 g/mol. The van der Waals surface area contributed by atoms with E-state index in [2.05, 4.69) is 32.0 Å². The Labute approximate surface area is 136 Å². The molecule has 2 aliphatic heterocycles. The lowest BCUT2D eigenvalue weighted by molar-refractivity contribution is 0.0195. The van der Waals surface area contributed by atoms with Gasteiger partial charge in [0.05, 0.1) is 31.0 Å². The van der Waals surface area contributed by atoms with E-state index < -0.39 is 0 Å². The normalized spacial score (nSPS) is 24.0. The van der Waals surface area contributed by atoms with Crippen molar-refractivity contribution in [3.05, 3.63) is 16.1 Å². The standard InChI is InChI=1S/C15H25N5OS/c1-12-14(22-11-18-12)9-17-15(16-2)20-4-3-13(10-20)19-5-7-21-8-6-19/h11,13H,3-10H2,1-2H3,(H,16,17). The van der Waals surface area contributed by atoms with Crippen molar-refractivity contribution in [3.8, 4) is 0 Å². The number of likely N-dealkylation sites (tertiary alicyclic amines) is 1. The van der Waals surface area contributed by atoms with E-state index in [-0.39, 0.29) is 0 Å². The third kappa shape index (κ3) is 3.59. The van der Waals surface area contributed by atoms with Gasteiger partial charge in [0, 0.05) is 44.1 Å². The summed E-state index contributed by atoms with van der Waals surface area (Å²) in [5, 5.41) is 3.48. The van der Waals surface area contributed by atoms with Crippen LogP contribution in [0.15, 0.2) is 10.5 Å². The third-order valence-electron chi connectivity index (χ3n) is 4.49. The van der Waals surface area contributed by atoms with Crippen molar-refractivity contribution in [1.29, 1.82) is 0 Å². The molecule has 1 atom stereocenters. The van der Waals surface area contributed by atoms with Crippen LogP contribution in [-0.4, -0.2) is 73.2 Å². The molecule has 0 aliphatic carbocycles. The molecule has 6 nitrogen and oxygen atoms in total. The van der Waals surface area contributed by atoms with Crippen LogP contribution in [0.4, 0.5) is 0 Å². The molecule has 0 saturated carbocycles. The molecule has 3 rings (SSSR count). The number of aryl methyl sites for hydroxylation is 1. The van der Waals surface area contributed by atoms with Gasteiger partial charge in [0.1, 0.15) is 0 Å². The number of aliphatic imine (C=N–C) groups is 1. The maximum Gasteiger partial charge on any atom is 0.193 e. The first-order chi connectivity index (χ1) is 10.8. The van der Waals surface area contributed by atoms with Crippen molar-refractivity contribution >= 4 is 17.3 Å². The smallest absolute Gasteiger partial charge is 0.193 e. The predicted octanol–water partition coefficient (Wildman–Crippen LogP) is 0.933. The zero-order valence-corrected chi connectivity index (χ0v) is 14.2. The number of ether oxygens (including phenoxy) is 1. The minimum absolute atomic E-state index is 0.632. The summed E-state index contributed by atoms with van der Waals surface area (Å²) in [6.07, 6.45) is 1.21. The van der Waals surface area contributed by atoms with Crippen LogP contribution in [0.3, 0.4) is 0 Å². The van der Waals surface area contributed by atoms with Gasteiger partial charge in [-0.25, -0.2) is 4.98 Å². The fourth-order valence-electron chi connectivity index (χ4n) is 3.16. The lowest BCUT2D eigenvalue weighted by Crippen LogP contribution is -2.46. The first kappa shape index (κ1) is 15.7. The van der Waals surface area contributed by atoms with E-state index in [9.17, 15) is 0 Å². The van der Waals surface area contributed by atoms with Gasteiger partial charge >= 0.3 is 0 Å². The Balaban J connectivity index is 1.52. The van der Waals surface area contributed by atoms with E-state index in [0.29, 0.717) is 6.04 Å². The molecule has 2 saturated heterocycles. The molecule has 1 unspecified atom stereocenters. The van der Waals surface area contributed by atoms with Crippen molar-refractivity contribution < 1.29 is 4.74 Å². The van der Waals surface area contributed by atoms with Gasteiger partial charge in [-0.3, -0.25) is 9.89 Å². The van der Waals surface area contributed by atoms with E-state index >= 15 is 0 Å². The number of nitrogens with one attached hydrogen (secondary N) is 1. The highest BCUT2D eigenvalue weighted by atomic mass is 32.1. The summed E-state index contributed by atoms with van der Waals surface area (Å²) >= 11 is 1.70. The molecule has 22 heavy (non-hydrogen) atoms. The van der Waals surface area contributed by atoms with Gasteiger partial charge in [0.15, 0.2) is 5.96 Å². The molecule has 0 bridgehead atoms. The second-order valence-corrected chi connectivity index (χ2v) is 6.74. The number of hydrogen-bond acceptors (Lipinski definition) is 5. The molecule has 0 amide bonds. The molecule has 0 spiro atoms. The van der Waals surface area contributed by atoms with E-state index in [1.165, 1.54) is 11.3 Å². The first-order valence-electron chi connectivity index (χ1n) is 7.94. The summed E-state index contributed by atoms with van der Waals surface area (Å²) < 4.78 is 5.45. The summed E-state index contributed by atoms with van der Waals surface area (Å²) in [6.45, 7) is 8.85. The molecule has 122 valence electrons. The highest BCUT2D eigenvalue weighted by Crippen LogP contribution is 2.17. The number of thiazole rings is 1. The van der Waals surface area contributed by atoms with Crippen LogP contribution in [0.2, 0.25) is 0 Å². The van der Waals surface area contributed by atoms with Crippen LogP contribution in [0.1, 0.15) is 17.0 Å². The van der Waals surface area contributed by atoms with Crippen molar-refractivity contribution in [2.75, 3.05) is 46.4 Å². The Kier molecular flexibility index (Phi) is 5.28. The third-order valence-corrected chi connectivity index (χ3v) is 5.42. The van der Waals surface area contributed by atoms with Crippen LogP contribution in [0.5, 0.6) is 0 Å². The van der Waals surface area contributed by atoms with E-state index in [1.807, 2.05) is 12.6 Å². The molecular weight excluding hydrogens is 298 g/mol. The maximum absolute atomic E-state index is 5.45. The molecule has 2 aliphatic rings. The summed E-state index contributed by atoms with van der Waals surface area (Å²) in [7, 11) is 1.87. The second-order valence-electron chi connectivity index (χ2n) is 5.80. The lowest BCUT2D eigenvalue weighted by Gasteiger charge is -2.32. The molecular formula is C15H25N5OS. The Bertz CT molecular complexity index is 512. The molecule has 0 radical (unpaired) electrons. The van der Waals surface area contributed by atoms with Gasteiger partial charge in [-0.05, 0) is 13.3 Å². The highest BCUT2D eigenvalue weighted by molar-refractivity contribution is 7.09. The number of nitrogens with zero attached hydrogens (tertiary/aromatic N) is 4. The van der Waals surface area contributed by atoms with E-state index in [1.54, 1.807) is 11.3 Å². The van der Waals surface area contributed by atoms with Crippen LogP contribution in [0.25, 0.3) is 0 Å². The Morgan fingerprint density at radius 3 is 2.95 bits per heavy atom. The quantitative estimate of drug-likeness (QED) is 0.663. The largest absolute Gasteiger partial charge is 0.379 e. The van der Waals surface area contributed by atoms with Crippen molar-refractivity contribution in [2.45, 2.75) is 25.9 Å². The number of guanidine groups is 1. The molecule has 1 aromatic heterocycles. The maximum atomic E-state index is 5.45. The number of morpholine rings is 1. The summed E-state index contributed by atoms with van der Waals surface area (Å²) in [4.78, 5) is 15.0. The van der Waals surface area contributed by atoms with E-state index in [4.69, 9.17) is 4.74 Å². The first-order valence-corrected chi connectivity index (χ1v) is 8.82. The van der Waals surface area contributed by atoms with Gasteiger partial charge in [0.2, 0.25) is 0 Å². The van der Waals surface area contributed by atoms with Gasteiger partial charge < -0.3 is 15.0 Å². The van der Waals surface area contributed by atoms with Crippen LogP contribution in [0, 0.1) is 6.92 Å². The Hall–Kier alpha value is -1.18. The fourth-order valence-corrected chi connectivity index (χ4v) is 3.88. The molecule has 0 aromatic carbocycles. The zero-order valence-electron chi connectivity index (χ0n) is 13.4. The Morgan fingerprint density at radius 2 is 2.27 bits per heavy atom. The summed E-state index contributed by atoms with van der Waals surface area (Å²) in [6, 6.07) is 0.632. The van der Waals surface area contributed by atoms with Crippen LogP contribution < -0.4 is 5.32 Å². The van der Waals surface area contributed by atoms with Crippen LogP contribution >= 0.6 is 11.3 Å². The Morgan fingerprint density at radius 1 is 1.45 bits per heavy atom. The summed E-state index contributed by atoms with van der Waals surface area (Å²) in [5.41, 5.74) is 3.01. The second kappa shape index (κ2) is 7.39. The van der Waals surface area contributed by atoms with Crippen LogP contribution in [-0.2, 0) is 11.3 Å². The van der Waals surface area contributed by atoms with Gasteiger partial charge in [-0.15, -0.1) is 11.3 Å². The highest BCUT2D eigenvalue weighted by Gasteiger charge is 2.30. The molecule has 7 heteroatoms. The van der Waals surface area contributed by atoms with Gasteiger partial charge in [-0.2, -0.15) is 0 Å². The number of aromatic nitrogens is 1. The predicted molar refractivity (Wildman–Crippen MR) is 89.4 cm³/mol. The van der Waals surface area contributed by atoms with Crippen molar-refractivity contribution in [2.24, 2.45) is 4.99 Å². The van der Waals surface area contributed by atoms with Gasteiger partial charge in [-0.1, -0.05) is 0 Å². The number of rotatable bonds is 3. The number of hydrogen-bond donors (Lipinski definition) is 1. The molecule has 1 aromatic rings. The topological polar surface area (TPSA) is 53.0 Å². The average Bonchev–Trinajstić information content (AvgIpc) is 3.19. The zero-order chi connectivity index (χ0) is 15.4. The monoisotopic (exact) mass is 323 g/mol. The van der Waals surface area contributed by atoms with E-state index in [0.717, 1.165) is 57.6 Å². The molecule has 1 N–H and O–H groups in total. The SMILES string of the molecule is CN=C(NCc1scnc1C)N1CCC(N2CCOCC2)C1. The van der Waals surface area contributed by atoms with Gasteiger partial charge in [0.25, 0.3) is 0 Å². The van der Waals surface area contributed by atoms with Crippen molar-refractivity contribution in [3.63, 3.8) is 0 Å². The molecule has 3 heterocycles. The van der Waals surface area contributed by atoms with Crippen molar-refractivity contribution in [1.82, 2.24) is 20.1 Å². The minimum atomic E-state index is 0.632. The minimum Gasteiger partial charge on any atom is -0.379 e. The molecule has 2 fully saturated rings. The summed E-state index contributed by atoms with van der Waals surface area (Å²) in [5.74, 6) is 1.00.